The Balaban J connectivity index is 1.91. The third-order valence-corrected chi connectivity index (χ3v) is 6.13. The lowest BCUT2D eigenvalue weighted by molar-refractivity contribution is 0.0662. The highest BCUT2D eigenvalue weighted by molar-refractivity contribution is 9.11. The predicted octanol–water partition coefficient (Wildman–Crippen LogP) is 4.72. The second-order valence-corrected chi connectivity index (χ2v) is 8.04. The Labute approximate surface area is 129 Å². The number of carbonyl (C=O) groups is 1. The van der Waals surface area contributed by atoms with Crippen LogP contribution in [0.2, 0.25) is 0 Å². The van der Waals surface area contributed by atoms with Crippen molar-refractivity contribution in [2.75, 3.05) is 6.54 Å². The molecule has 0 spiro atoms. The number of hydrogen-bond donors (Lipinski definition) is 0. The highest BCUT2D eigenvalue weighted by Crippen LogP contribution is 2.36. The Morgan fingerprint density at radius 3 is 3.00 bits per heavy atom. The van der Waals surface area contributed by atoms with Gasteiger partial charge in [-0.15, -0.1) is 22.7 Å². The topological polar surface area (TPSA) is 20.3 Å². The van der Waals surface area contributed by atoms with Gasteiger partial charge in [-0.05, 0) is 57.9 Å². The number of carbonyl (C=O) groups excluding carboxylic acids is 1. The van der Waals surface area contributed by atoms with Gasteiger partial charge < -0.3 is 4.90 Å². The van der Waals surface area contributed by atoms with Gasteiger partial charge in [-0.2, -0.15) is 0 Å². The van der Waals surface area contributed by atoms with Gasteiger partial charge in [0, 0.05) is 11.4 Å². The summed E-state index contributed by atoms with van der Waals surface area (Å²) in [7, 11) is 0. The largest absolute Gasteiger partial charge is 0.331 e. The molecule has 0 N–H and O–H groups in total. The summed E-state index contributed by atoms with van der Waals surface area (Å²) in [6.07, 6.45) is 1.96. The summed E-state index contributed by atoms with van der Waals surface area (Å²) in [5, 5.41) is 2.14. The van der Waals surface area contributed by atoms with Crippen LogP contribution < -0.4 is 0 Å². The zero-order valence-corrected chi connectivity index (χ0v) is 13.8. The number of hydrogen-bond acceptors (Lipinski definition) is 3. The van der Waals surface area contributed by atoms with Crippen molar-refractivity contribution in [3.63, 3.8) is 0 Å². The predicted molar refractivity (Wildman–Crippen MR) is 84.1 cm³/mol. The molecule has 0 aromatic carbocycles. The van der Waals surface area contributed by atoms with Gasteiger partial charge in [0.2, 0.25) is 0 Å². The van der Waals surface area contributed by atoms with Crippen molar-refractivity contribution in [2.45, 2.75) is 25.8 Å². The van der Waals surface area contributed by atoms with E-state index >= 15 is 0 Å². The van der Waals surface area contributed by atoms with Crippen molar-refractivity contribution in [1.29, 1.82) is 0 Å². The fourth-order valence-corrected chi connectivity index (χ4v) is 4.92. The number of halogens is 1. The van der Waals surface area contributed by atoms with E-state index in [-0.39, 0.29) is 11.9 Å². The van der Waals surface area contributed by atoms with Crippen molar-refractivity contribution in [3.05, 3.63) is 42.7 Å². The first kappa shape index (κ1) is 13.3. The Kier molecular flexibility index (Phi) is 3.78. The van der Waals surface area contributed by atoms with E-state index in [0.29, 0.717) is 0 Å². The molecule has 0 aliphatic carbocycles. The van der Waals surface area contributed by atoms with Gasteiger partial charge in [0.05, 0.1) is 14.7 Å². The number of thiophene rings is 2. The van der Waals surface area contributed by atoms with Crippen LogP contribution in [-0.2, 0) is 6.42 Å². The standard InChI is InChI=1S/C14H14BrNOS2/c1-2-10-9-6-8-18-11(9)5-7-16(10)14(17)12-3-4-13(15)19-12/h3-4,6,8,10H,2,5,7H2,1H3/t10-/m0/s1. The van der Waals surface area contributed by atoms with Gasteiger partial charge in [-0.1, -0.05) is 6.92 Å². The van der Waals surface area contributed by atoms with E-state index in [2.05, 4.69) is 34.3 Å². The summed E-state index contributed by atoms with van der Waals surface area (Å²) < 4.78 is 1.01. The molecular weight excluding hydrogens is 342 g/mol. The highest BCUT2D eigenvalue weighted by atomic mass is 79.9. The maximum Gasteiger partial charge on any atom is 0.264 e. The fraction of sp³-hybridized carbons (Fsp3) is 0.357. The third-order valence-electron chi connectivity index (χ3n) is 3.53. The molecule has 1 aliphatic rings. The minimum Gasteiger partial charge on any atom is -0.331 e. The van der Waals surface area contributed by atoms with Gasteiger partial charge in [-0.3, -0.25) is 4.79 Å². The van der Waals surface area contributed by atoms with E-state index in [1.165, 1.54) is 21.8 Å². The van der Waals surface area contributed by atoms with Gasteiger partial charge in [0.25, 0.3) is 5.91 Å². The van der Waals surface area contributed by atoms with Crippen molar-refractivity contribution in [1.82, 2.24) is 4.90 Å². The van der Waals surface area contributed by atoms with E-state index in [1.807, 2.05) is 28.4 Å². The molecule has 19 heavy (non-hydrogen) atoms. The molecule has 1 aliphatic heterocycles. The van der Waals surface area contributed by atoms with Crippen molar-refractivity contribution in [2.24, 2.45) is 0 Å². The quantitative estimate of drug-likeness (QED) is 0.762. The Bertz CT molecular complexity index is 604. The molecule has 3 heterocycles. The Morgan fingerprint density at radius 1 is 1.47 bits per heavy atom. The summed E-state index contributed by atoms with van der Waals surface area (Å²) in [5.74, 6) is 0.166. The monoisotopic (exact) mass is 355 g/mol. The van der Waals surface area contributed by atoms with Crippen LogP contribution >= 0.6 is 38.6 Å². The van der Waals surface area contributed by atoms with Gasteiger partial charge in [-0.25, -0.2) is 0 Å². The Hall–Kier alpha value is -0.650. The molecule has 2 nitrogen and oxygen atoms in total. The van der Waals surface area contributed by atoms with E-state index in [1.54, 1.807) is 0 Å². The lowest BCUT2D eigenvalue weighted by Crippen LogP contribution is -2.38. The van der Waals surface area contributed by atoms with Crippen LogP contribution in [-0.4, -0.2) is 17.4 Å². The first-order chi connectivity index (χ1) is 9.20. The number of nitrogens with zero attached hydrogens (tertiary/aromatic N) is 1. The molecule has 2 aromatic rings. The third kappa shape index (κ3) is 2.39. The van der Waals surface area contributed by atoms with Gasteiger partial charge in [0.15, 0.2) is 0 Å². The fourth-order valence-electron chi connectivity index (χ4n) is 2.65. The SMILES string of the molecule is CC[C@H]1c2ccsc2CCN1C(=O)c1ccc(Br)s1. The maximum absolute atomic E-state index is 12.6. The zero-order chi connectivity index (χ0) is 13.4. The summed E-state index contributed by atoms with van der Waals surface area (Å²) in [6.45, 7) is 2.99. The second-order valence-electron chi connectivity index (χ2n) is 4.58. The van der Waals surface area contributed by atoms with Crippen molar-refractivity contribution in [3.8, 4) is 0 Å². The molecule has 1 atom stereocenters. The van der Waals surface area contributed by atoms with E-state index in [4.69, 9.17) is 0 Å². The van der Waals surface area contributed by atoms with Crippen LogP contribution in [0.5, 0.6) is 0 Å². The molecule has 3 rings (SSSR count). The summed E-state index contributed by atoms with van der Waals surface area (Å²) in [4.78, 5) is 16.9. The molecule has 0 radical (unpaired) electrons. The smallest absolute Gasteiger partial charge is 0.264 e. The molecule has 5 heteroatoms. The molecule has 0 bridgehead atoms. The minimum atomic E-state index is 0.166. The lowest BCUT2D eigenvalue weighted by Gasteiger charge is -2.35. The second kappa shape index (κ2) is 5.38. The maximum atomic E-state index is 12.6. The Morgan fingerprint density at radius 2 is 2.32 bits per heavy atom. The van der Waals surface area contributed by atoms with Crippen LogP contribution in [0.4, 0.5) is 0 Å². The highest BCUT2D eigenvalue weighted by Gasteiger charge is 2.31. The van der Waals surface area contributed by atoms with Crippen LogP contribution in [0.3, 0.4) is 0 Å². The van der Waals surface area contributed by atoms with E-state index < -0.39 is 0 Å². The zero-order valence-electron chi connectivity index (χ0n) is 10.6. The molecular formula is C14H14BrNOS2. The summed E-state index contributed by atoms with van der Waals surface area (Å²) in [5.41, 5.74) is 1.35. The van der Waals surface area contributed by atoms with Gasteiger partial charge in [0.1, 0.15) is 0 Å². The average Bonchev–Trinajstić information content (AvgIpc) is 3.04. The number of amides is 1. The normalized spacial score (nSPS) is 18.4. The van der Waals surface area contributed by atoms with Gasteiger partial charge >= 0.3 is 0 Å². The molecule has 1 amide bonds. The van der Waals surface area contributed by atoms with E-state index in [0.717, 1.165) is 28.0 Å². The molecule has 0 saturated heterocycles. The van der Waals surface area contributed by atoms with Crippen molar-refractivity contribution < 1.29 is 4.79 Å². The number of rotatable bonds is 2. The van der Waals surface area contributed by atoms with Crippen LogP contribution in [0, 0.1) is 0 Å². The lowest BCUT2D eigenvalue weighted by atomic mass is 9.97. The minimum absolute atomic E-state index is 0.166. The van der Waals surface area contributed by atoms with Crippen molar-refractivity contribution >= 4 is 44.5 Å². The van der Waals surface area contributed by atoms with Crippen LogP contribution in [0.25, 0.3) is 0 Å². The van der Waals surface area contributed by atoms with Crippen LogP contribution in [0.15, 0.2) is 27.4 Å². The van der Waals surface area contributed by atoms with Crippen LogP contribution in [0.1, 0.15) is 39.5 Å². The van der Waals surface area contributed by atoms with E-state index in [9.17, 15) is 4.79 Å². The first-order valence-electron chi connectivity index (χ1n) is 6.33. The number of fused-ring (bicyclic) bond motifs is 1. The summed E-state index contributed by atoms with van der Waals surface area (Å²) >= 11 is 6.75. The molecule has 2 aromatic heterocycles. The first-order valence-corrected chi connectivity index (χ1v) is 8.82. The molecule has 100 valence electrons. The molecule has 0 fully saturated rings. The molecule has 0 unspecified atom stereocenters. The molecule has 0 saturated carbocycles. The summed E-state index contributed by atoms with van der Waals surface area (Å²) in [6, 6.07) is 6.27. The average molecular weight is 356 g/mol.